The van der Waals surface area contributed by atoms with Crippen molar-refractivity contribution in [3.63, 3.8) is 0 Å². The van der Waals surface area contributed by atoms with Crippen LogP contribution < -0.4 is 10.9 Å². The molecule has 0 aliphatic heterocycles. The molecule has 3 heterocycles. The number of anilines is 1. The van der Waals surface area contributed by atoms with Gasteiger partial charge in [0.25, 0.3) is 11.3 Å². The fourth-order valence-corrected chi connectivity index (χ4v) is 4.75. The van der Waals surface area contributed by atoms with Crippen molar-refractivity contribution in [1.29, 1.82) is 0 Å². The van der Waals surface area contributed by atoms with Gasteiger partial charge in [-0.2, -0.15) is 0 Å². The van der Waals surface area contributed by atoms with E-state index in [1.54, 1.807) is 24.3 Å². The van der Waals surface area contributed by atoms with Gasteiger partial charge in [-0.15, -0.1) is 0 Å². The van der Waals surface area contributed by atoms with E-state index in [4.69, 9.17) is 16.1 Å². The Hall–Kier alpha value is -4.43. The summed E-state index contributed by atoms with van der Waals surface area (Å²) in [6.45, 7) is 2.69. The van der Waals surface area contributed by atoms with Gasteiger partial charge in [-0.1, -0.05) is 53.2 Å². The van der Waals surface area contributed by atoms with Crippen molar-refractivity contribution in [3.8, 4) is 11.3 Å². The molecule has 6 aromatic rings. The van der Waals surface area contributed by atoms with Gasteiger partial charge < -0.3 is 14.4 Å². The number of nitrogens with one attached hydrogen (secondary N) is 1. The number of carbonyl (C=O) groups is 1. The summed E-state index contributed by atoms with van der Waals surface area (Å²) in [5.74, 6) is -0.346. The molecular weight excluding hydrogens is 478 g/mol. The number of hydrogen-bond acceptors (Lipinski definition) is 5. The summed E-state index contributed by atoms with van der Waals surface area (Å²) in [5.41, 5.74) is 3.55. The number of carbonyl (C=O) groups excluding carboxylic acids is 1. The average molecular weight is 498 g/mol. The number of nitrogens with zero attached hydrogens (tertiary/aromatic N) is 4. The molecule has 9 heteroatoms. The third kappa shape index (κ3) is 3.63. The second kappa shape index (κ2) is 8.66. The van der Waals surface area contributed by atoms with E-state index in [1.165, 1.54) is 16.3 Å². The average Bonchev–Trinajstić information content (AvgIpc) is 3.45. The summed E-state index contributed by atoms with van der Waals surface area (Å²) in [4.78, 5) is 30.3. The monoisotopic (exact) mass is 497 g/mol. The Labute approximate surface area is 209 Å². The number of para-hydroxylation sites is 1. The first-order valence-corrected chi connectivity index (χ1v) is 11.8. The van der Waals surface area contributed by atoms with Gasteiger partial charge in [-0.05, 0) is 37.3 Å². The highest BCUT2D eigenvalue weighted by Crippen LogP contribution is 2.31. The van der Waals surface area contributed by atoms with Crippen molar-refractivity contribution < 1.29 is 9.32 Å². The number of halogens is 1. The van der Waals surface area contributed by atoms with E-state index in [-0.39, 0.29) is 23.6 Å². The molecule has 0 atom stereocenters. The molecule has 178 valence electrons. The van der Waals surface area contributed by atoms with Crippen molar-refractivity contribution in [1.82, 2.24) is 19.3 Å². The van der Waals surface area contributed by atoms with E-state index in [0.29, 0.717) is 22.0 Å². The van der Waals surface area contributed by atoms with Crippen LogP contribution in [0.15, 0.2) is 82.4 Å². The van der Waals surface area contributed by atoms with Crippen molar-refractivity contribution >= 4 is 56.1 Å². The molecule has 3 aromatic heterocycles. The normalized spacial score (nSPS) is 11.5. The minimum absolute atomic E-state index is 0.111. The Balaban J connectivity index is 1.31. The zero-order chi connectivity index (χ0) is 24.8. The first-order chi connectivity index (χ1) is 17.5. The predicted molar refractivity (Wildman–Crippen MR) is 140 cm³/mol. The zero-order valence-electron chi connectivity index (χ0n) is 19.2. The molecule has 8 nitrogen and oxygen atoms in total. The van der Waals surface area contributed by atoms with Crippen molar-refractivity contribution in [2.45, 2.75) is 20.0 Å². The largest absolute Gasteiger partial charge is 0.341 e. The molecular formula is C27H20ClN5O3. The number of aryl methyl sites for hydroxylation is 1. The molecule has 0 radical (unpaired) electrons. The fraction of sp³-hybridized carbons (Fsp3) is 0.111. The van der Waals surface area contributed by atoms with Gasteiger partial charge in [0.05, 0.1) is 5.52 Å². The van der Waals surface area contributed by atoms with Gasteiger partial charge in [-0.25, -0.2) is 4.98 Å². The second-order valence-electron chi connectivity index (χ2n) is 8.44. The van der Waals surface area contributed by atoms with E-state index in [0.717, 1.165) is 23.0 Å². The summed E-state index contributed by atoms with van der Waals surface area (Å²) in [6.07, 6.45) is 1.29. The first kappa shape index (κ1) is 22.1. The lowest BCUT2D eigenvalue weighted by Gasteiger charge is -2.09. The van der Waals surface area contributed by atoms with Crippen LogP contribution in [-0.4, -0.2) is 25.2 Å². The van der Waals surface area contributed by atoms with Crippen molar-refractivity contribution in [2.75, 3.05) is 5.32 Å². The Morgan fingerprint density at radius 1 is 1.03 bits per heavy atom. The summed E-state index contributed by atoms with van der Waals surface area (Å²) in [6, 6.07) is 21.0. The molecule has 6 rings (SSSR count). The molecule has 0 unspecified atom stereocenters. The van der Waals surface area contributed by atoms with E-state index in [2.05, 4.69) is 39.1 Å². The van der Waals surface area contributed by atoms with Crippen LogP contribution in [0.4, 0.5) is 5.69 Å². The lowest BCUT2D eigenvalue weighted by atomic mass is 10.1. The molecule has 3 aromatic carbocycles. The summed E-state index contributed by atoms with van der Waals surface area (Å²) < 4.78 is 8.71. The number of benzene rings is 3. The first-order valence-electron chi connectivity index (χ1n) is 11.4. The van der Waals surface area contributed by atoms with Gasteiger partial charge in [-0.3, -0.25) is 14.2 Å². The smallest absolute Gasteiger partial charge is 0.267 e. The Bertz CT molecular complexity index is 1830. The molecule has 0 fully saturated rings. The standard InChI is InChI=1S/C27H20ClN5O3/c1-2-33-21-6-4-3-5-19(21)20-12-11-18(13-22(20)33)30-23(34)14-32-15-29-26-24(27(32)35)25(31-36-26)16-7-9-17(28)10-8-16/h3-13,15H,2,14H2,1H3,(H,30,34). The molecule has 0 aliphatic carbocycles. The lowest BCUT2D eigenvalue weighted by molar-refractivity contribution is -0.116. The van der Waals surface area contributed by atoms with Gasteiger partial charge in [0.1, 0.15) is 24.0 Å². The molecule has 1 N–H and O–H groups in total. The molecule has 0 spiro atoms. The van der Waals surface area contributed by atoms with E-state index < -0.39 is 5.56 Å². The molecule has 0 bridgehead atoms. The van der Waals surface area contributed by atoms with Gasteiger partial charge in [0, 0.05) is 39.1 Å². The highest BCUT2D eigenvalue weighted by Gasteiger charge is 2.18. The Morgan fingerprint density at radius 3 is 2.61 bits per heavy atom. The lowest BCUT2D eigenvalue weighted by Crippen LogP contribution is -2.27. The SMILES string of the molecule is CCn1c2ccccc2c2ccc(NC(=O)Cn3cnc4onc(-c5ccc(Cl)cc5)c4c3=O)cc21. The van der Waals surface area contributed by atoms with Crippen LogP contribution in [0.3, 0.4) is 0 Å². The quantitative estimate of drug-likeness (QED) is 0.340. The second-order valence-corrected chi connectivity index (χ2v) is 8.87. The minimum Gasteiger partial charge on any atom is -0.341 e. The van der Waals surface area contributed by atoms with E-state index in [9.17, 15) is 9.59 Å². The summed E-state index contributed by atoms with van der Waals surface area (Å²) in [5, 5.41) is 9.99. The molecule has 0 saturated heterocycles. The number of amides is 1. The van der Waals surface area contributed by atoms with Crippen molar-refractivity contribution in [2.24, 2.45) is 0 Å². The third-order valence-electron chi connectivity index (χ3n) is 6.27. The molecule has 36 heavy (non-hydrogen) atoms. The summed E-state index contributed by atoms with van der Waals surface area (Å²) in [7, 11) is 0. The van der Waals surface area contributed by atoms with E-state index in [1.807, 2.05) is 30.3 Å². The zero-order valence-corrected chi connectivity index (χ0v) is 20.0. The minimum atomic E-state index is -0.414. The molecule has 0 saturated carbocycles. The molecule has 1 amide bonds. The topological polar surface area (TPSA) is 95.0 Å². The highest BCUT2D eigenvalue weighted by atomic mass is 35.5. The summed E-state index contributed by atoms with van der Waals surface area (Å²) >= 11 is 5.97. The number of rotatable bonds is 5. The Morgan fingerprint density at radius 2 is 1.81 bits per heavy atom. The number of fused-ring (bicyclic) bond motifs is 4. The fourth-order valence-electron chi connectivity index (χ4n) is 4.62. The van der Waals surface area contributed by atoms with Gasteiger partial charge >= 0.3 is 0 Å². The predicted octanol–water partition coefficient (Wildman–Crippen LogP) is 5.47. The third-order valence-corrected chi connectivity index (χ3v) is 6.52. The van der Waals surface area contributed by atoms with Crippen LogP contribution in [0.1, 0.15) is 6.92 Å². The van der Waals surface area contributed by atoms with E-state index >= 15 is 0 Å². The van der Waals surface area contributed by atoms with Crippen LogP contribution in [0.25, 0.3) is 44.2 Å². The number of aromatic nitrogens is 4. The van der Waals surface area contributed by atoms with Gasteiger partial charge in [0.2, 0.25) is 5.91 Å². The van der Waals surface area contributed by atoms with Gasteiger partial charge in [0.15, 0.2) is 0 Å². The van der Waals surface area contributed by atoms with Crippen LogP contribution in [0.2, 0.25) is 5.02 Å². The van der Waals surface area contributed by atoms with Crippen molar-refractivity contribution in [3.05, 3.63) is 88.4 Å². The van der Waals surface area contributed by atoms with Crippen LogP contribution in [-0.2, 0) is 17.9 Å². The Kier molecular flexibility index (Phi) is 5.30. The maximum atomic E-state index is 13.2. The van der Waals surface area contributed by atoms with Crippen LogP contribution in [0, 0.1) is 0 Å². The maximum absolute atomic E-state index is 13.2. The number of hydrogen-bond donors (Lipinski definition) is 1. The highest BCUT2D eigenvalue weighted by molar-refractivity contribution is 6.30. The van der Waals surface area contributed by atoms with Crippen LogP contribution >= 0.6 is 11.6 Å². The molecule has 0 aliphatic rings. The van der Waals surface area contributed by atoms with Crippen LogP contribution in [0.5, 0.6) is 0 Å². The maximum Gasteiger partial charge on any atom is 0.267 e.